The summed E-state index contributed by atoms with van der Waals surface area (Å²) >= 11 is 0. The third-order valence-corrected chi connectivity index (χ3v) is 7.48. The summed E-state index contributed by atoms with van der Waals surface area (Å²) < 4.78 is 47.9. The van der Waals surface area contributed by atoms with Crippen LogP contribution in [0.2, 0.25) is 0 Å². The fourth-order valence-corrected chi connectivity index (χ4v) is 5.59. The number of alkyl halides is 2. The average Bonchev–Trinajstić information content (AvgIpc) is 3.45. The zero-order valence-electron chi connectivity index (χ0n) is 20.9. The van der Waals surface area contributed by atoms with Crippen molar-refractivity contribution < 1.29 is 27.8 Å². The molecule has 0 radical (unpaired) electrons. The predicted octanol–water partition coefficient (Wildman–Crippen LogP) is 3.37. The molecular weight excluding hydrogens is 510 g/mol. The normalized spacial score (nSPS) is 19.5. The molecule has 12 heteroatoms. The van der Waals surface area contributed by atoms with Gasteiger partial charge in [-0.05, 0) is 24.6 Å². The summed E-state index contributed by atoms with van der Waals surface area (Å²) in [4.78, 5) is 24.0. The van der Waals surface area contributed by atoms with Crippen LogP contribution in [0.5, 0.6) is 5.75 Å². The highest BCUT2D eigenvalue weighted by Gasteiger charge is 2.37. The second kappa shape index (κ2) is 10.3. The minimum absolute atomic E-state index is 0.0293. The number of piperazine rings is 1. The highest BCUT2D eigenvalue weighted by atomic mass is 19.3. The van der Waals surface area contributed by atoms with Gasteiger partial charge in [-0.15, -0.1) is 0 Å². The first-order chi connectivity index (χ1) is 18.9. The number of imidazole rings is 1. The SMILES string of the molecule is O=CBN1CCN(c2ccc(-c3cn4c5c(nc4cc3F)C(O)CC5c3ccccc3OC(F)F)cn2)CC1. The minimum Gasteiger partial charge on any atom is -0.435 e. The Kier molecular flexibility index (Phi) is 6.73. The van der Waals surface area contributed by atoms with Crippen LogP contribution >= 0.6 is 0 Å². The van der Waals surface area contributed by atoms with E-state index in [9.17, 15) is 18.7 Å². The van der Waals surface area contributed by atoms with E-state index < -0.39 is 24.5 Å². The summed E-state index contributed by atoms with van der Waals surface area (Å²) in [7, 11) is 0.419. The van der Waals surface area contributed by atoms with E-state index in [0.717, 1.165) is 38.2 Å². The summed E-state index contributed by atoms with van der Waals surface area (Å²) in [6, 6.07) is 11.4. The Morgan fingerprint density at radius 3 is 2.64 bits per heavy atom. The van der Waals surface area contributed by atoms with Gasteiger partial charge in [0.25, 0.3) is 7.41 Å². The molecule has 39 heavy (non-hydrogen) atoms. The summed E-state index contributed by atoms with van der Waals surface area (Å²) in [6.07, 6.45) is 3.46. The maximum absolute atomic E-state index is 15.3. The number of rotatable bonds is 7. The monoisotopic (exact) mass is 535 g/mol. The molecule has 6 rings (SSSR count). The molecule has 2 aliphatic rings. The second-order valence-corrected chi connectivity index (χ2v) is 9.73. The van der Waals surface area contributed by atoms with Crippen molar-refractivity contribution in [3.05, 3.63) is 77.6 Å². The Balaban J connectivity index is 1.34. The van der Waals surface area contributed by atoms with E-state index in [1.54, 1.807) is 41.1 Å². The van der Waals surface area contributed by atoms with Gasteiger partial charge in [0.05, 0.1) is 23.7 Å². The molecule has 1 saturated heterocycles. The third-order valence-electron chi connectivity index (χ3n) is 7.48. The van der Waals surface area contributed by atoms with Gasteiger partial charge in [0.1, 0.15) is 23.0 Å². The van der Waals surface area contributed by atoms with Crippen LogP contribution < -0.4 is 9.64 Å². The Hall–Kier alpha value is -3.90. The van der Waals surface area contributed by atoms with Gasteiger partial charge in [0.2, 0.25) is 0 Å². The summed E-state index contributed by atoms with van der Waals surface area (Å²) in [5.74, 6) is -0.165. The van der Waals surface area contributed by atoms with Gasteiger partial charge in [-0.25, -0.2) is 14.4 Å². The lowest BCUT2D eigenvalue weighted by Crippen LogP contribution is -2.48. The molecule has 200 valence electrons. The van der Waals surface area contributed by atoms with Crippen molar-refractivity contribution in [2.24, 2.45) is 0 Å². The molecule has 1 N–H and O–H groups in total. The largest absolute Gasteiger partial charge is 0.435 e. The van der Waals surface area contributed by atoms with Gasteiger partial charge in [-0.1, -0.05) is 18.2 Å². The average molecular weight is 535 g/mol. The molecule has 4 aromatic rings. The maximum Gasteiger partial charge on any atom is 0.387 e. The molecule has 1 aliphatic heterocycles. The fourth-order valence-electron chi connectivity index (χ4n) is 5.59. The number of nitrogens with zero attached hydrogens (tertiary/aromatic N) is 5. The number of hydrogen-bond acceptors (Lipinski definition) is 7. The van der Waals surface area contributed by atoms with E-state index in [-0.39, 0.29) is 12.2 Å². The van der Waals surface area contributed by atoms with Gasteiger partial charge in [0, 0.05) is 67.2 Å². The minimum atomic E-state index is -2.99. The second-order valence-electron chi connectivity index (χ2n) is 9.73. The first-order valence-corrected chi connectivity index (χ1v) is 12.7. The highest BCUT2D eigenvalue weighted by molar-refractivity contribution is 6.64. The lowest BCUT2D eigenvalue weighted by Gasteiger charge is -2.34. The van der Waals surface area contributed by atoms with Crippen LogP contribution in [-0.2, 0) is 4.79 Å². The number of aliphatic hydroxyl groups is 1. The van der Waals surface area contributed by atoms with Crippen molar-refractivity contribution in [1.29, 1.82) is 0 Å². The molecule has 2 atom stereocenters. The van der Waals surface area contributed by atoms with E-state index in [1.807, 2.05) is 6.07 Å². The van der Waals surface area contributed by atoms with Crippen LogP contribution in [0.25, 0.3) is 16.8 Å². The Morgan fingerprint density at radius 1 is 1.13 bits per heavy atom. The van der Waals surface area contributed by atoms with Crippen molar-refractivity contribution in [2.75, 3.05) is 31.1 Å². The van der Waals surface area contributed by atoms with Crippen molar-refractivity contribution in [3.8, 4) is 16.9 Å². The molecule has 0 bridgehead atoms. The van der Waals surface area contributed by atoms with Gasteiger partial charge < -0.3 is 28.7 Å². The fraction of sp³-hybridized carbons (Fsp3) is 0.296. The first kappa shape index (κ1) is 25.4. The number of benzene rings is 1. The molecular formula is C27H25BF3N5O3. The Morgan fingerprint density at radius 2 is 1.92 bits per heavy atom. The topological polar surface area (TPSA) is 83.2 Å². The van der Waals surface area contributed by atoms with Crippen LogP contribution in [-0.4, -0.2) is 70.7 Å². The zero-order chi connectivity index (χ0) is 27.1. The molecule has 4 heterocycles. The van der Waals surface area contributed by atoms with Gasteiger partial charge in [0.15, 0.2) is 0 Å². The quantitative estimate of drug-likeness (QED) is 0.287. The summed E-state index contributed by atoms with van der Waals surface area (Å²) in [5, 5.41) is 10.7. The highest BCUT2D eigenvalue weighted by Crippen LogP contribution is 2.47. The Bertz CT molecular complexity index is 1510. The standard InChI is InChI=1S/C27H25BF3N5O3/c29-20-12-24-33-25-21(38)11-18(17-3-1-2-4-22(17)39-27(30)31)26(25)36(24)14-19(20)16-5-6-23(32-13-16)34-7-9-35(10-8-34)28-15-37/h1-6,12-15,18,21,27-28,38H,7-11H2. The van der Waals surface area contributed by atoms with Crippen LogP contribution in [0.4, 0.5) is 19.0 Å². The number of ether oxygens (including phenoxy) is 1. The molecule has 3 aromatic heterocycles. The number of aromatic nitrogens is 3. The number of halogens is 3. The number of para-hydroxylation sites is 1. The zero-order valence-corrected chi connectivity index (χ0v) is 20.9. The number of aliphatic hydroxyl groups excluding tert-OH is 1. The van der Waals surface area contributed by atoms with Gasteiger partial charge in [-0.3, -0.25) is 0 Å². The molecule has 1 fully saturated rings. The van der Waals surface area contributed by atoms with Crippen molar-refractivity contribution in [2.45, 2.75) is 25.1 Å². The van der Waals surface area contributed by atoms with Crippen molar-refractivity contribution in [1.82, 2.24) is 19.2 Å². The van der Waals surface area contributed by atoms with Gasteiger partial charge >= 0.3 is 6.61 Å². The number of pyridine rings is 2. The van der Waals surface area contributed by atoms with Crippen LogP contribution in [0, 0.1) is 5.82 Å². The first-order valence-electron chi connectivity index (χ1n) is 12.7. The molecule has 1 aromatic carbocycles. The molecule has 8 nitrogen and oxygen atoms in total. The number of fused-ring (bicyclic) bond motifs is 3. The number of carbonyl (C=O) groups is 1. The van der Waals surface area contributed by atoms with E-state index in [0.29, 0.717) is 41.1 Å². The molecule has 1 aliphatic carbocycles. The maximum atomic E-state index is 15.3. The number of hydrogen-bond donors (Lipinski definition) is 1. The molecule has 0 spiro atoms. The van der Waals surface area contributed by atoms with Crippen LogP contribution in [0.15, 0.2) is 54.9 Å². The van der Waals surface area contributed by atoms with Gasteiger partial charge in [-0.2, -0.15) is 8.78 Å². The van der Waals surface area contributed by atoms with E-state index in [4.69, 9.17) is 4.74 Å². The van der Waals surface area contributed by atoms with E-state index in [2.05, 4.69) is 19.7 Å². The molecule has 0 saturated carbocycles. The lowest BCUT2D eigenvalue weighted by atomic mass is 9.93. The molecule has 2 unspecified atom stereocenters. The predicted molar refractivity (Wildman–Crippen MR) is 141 cm³/mol. The van der Waals surface area contributed by atoms with Crippen molar-refractivity contribution >= 4 is 25.1 Å². The van der Waals surface area contributed by atoms with Crippen LogP contribution in [0.3, 0.4) is 0 Å². The Labute approximate surface area is 222 Å². The lowest BCUT2D eigenvalue weighted by molar-refractivity contribution is -0.0506. The van der Waals surface area contributed by atoms with E-state index >= 15 is 4.39 Å². The van der Waals surface area contributed by atoms with Crippen molar-refractivity contribution in [3.63, 3.8) is 0 Å². The number of anilines is 1. The smallest absolute Gasteiger partial charge is 0.387 e. The molecule has 0 amide bonds. The van der Waals surface area contributed by atoms with Crippen LogP contribution in [0.1, 0.15) is 35.4 Å². The number of carbonyl (C=O) groups excluding carboxylic acids is 1. The third kappa shape index (κ3) is 4.74. The summed E-state index contributed by atoms with van der Waals surface area (Å²) in [6.45, 7) is 0.00944. The van der Waals surface area contributed by atoms with E-state index in [1.165, 1.54) is 12.1 Å². The summed E-state index contributed by atoms with van der Waals surface area (Å²) in [5.41, 5.74) is 2.69.